The van der Waals surface area contributed by atoms with E-state index in [0.717, 1.165) is 55.9 Å². The van der Waals surface area contributed by atoms with Gasteiger partial charge in [0.05, 0.1) is 21.2 Å². The lowest BCUT2D eigenvalue weighted by Gasteiger charge is -2.12. The third-order valence-electron chi connectivity index (χ3n) is 12.4. The largest absolute Gasteiger partial charge is 0.327 e. The highest BCUT2D eigenvalue weighted by Crippen LogP contribution is 2.41. The standard InChI is InChI=1S/C27H26FN5O3S.C18H16N4O4S.C9H10FN/c1-37(35,36)23-10-8-22(9-11-23)33-16-21(32-26(27(33)34)19-14-29-17-30-15-19)3-2-12-31-25-13-24(25)18-4-6-20(28)7-5-18;1-27(25,26)16-6-4-15(5-7-16)22-11-14(3-2-8-23)21-17(18(22)24)13-9-19-12-20-10-13;10-7-3-1-6(2-4-7)8-5-9(8)11/h4-11,14-17,24-25,31H,2-3,12-13H2,1H3;4-12H,2-3H2,1H3;1-4,8-9H,5,11H2/t24-,25+;;8-,9+/m0.0/s1. The van der Waals surface area contributed by atoms with Crippen LogP contribution in [0, 0.1) is 11.6 Å². The maximum atomic E-state index is 13.3. The molecule has 0 aliphatic heterocycles. The van der Waals surface area contributed by atoms with Crippen LogP contribution in [0.15, 0.2) is 166 Å². The summed E-state index contributed by atoms with van der Waals surface area (Å²) in [5.41, 5.74) is 10.9. The van der Waals surface area contributed by atoms with Gasteiger partial charge < -0.3 is 15.8 Å². The van der Waals surface area contributed by atoms with Gasteiger partial charge in [0.25, 0.3) is 11.1 Å². The van der Waals surface area contributed by atoms with Gasteiger partial charge in [0, 0.05) is 103 Å². The number of hydrogen-bond acceptors (Lipinski definition) is 15. The Bertz CT molecular complexity index is 3610. The molecule has 17 nitrogen and oxygen atoms in total. The summed E-state index contributed by atoms with van der Waals surface area (Å²) in [5.74, 6) is 0.481. The third-order valence-corrected chi connectivity index (χ3v) is 14.7. The average Bonchev–Trinajstić information content (AvgIpc) is 4.35. The number of nitrogens with zero attached hydrogens (tertiary/aromatic N) is 8. The second-order valence-corrected chi connectivity index (χ2v) is 22.2. The summed E-state index contributed by atoms with van der Waals surface area (Å²) in [7, 11) is -6.69. The lowest BCUT2D eigenvalue weighted by atomic mass is 10.1. The van der Waals surface area contributed by atoms with Gasteiger partial charge in [-0.15, -0.1) is 0 Å². The van der Waals surface area contributed by atoms with Gasteiger partial charge in [0.15, 0.2) is 19.7 Å². The molecule has 75 heavy (non-hydrogen) atoms. The van der Waals surface area contributed by atoms with E-state index in [9.17, 15) is 40.0 Å². The zero-order chi connectivity index (χ0) is 53.3. The molecule has 0 unspecified atom stereocenters. The van der Waals surface area contributed by atoms with Crippen molar-refractivity contribution in [1.29, 1.82) is 0 Å². The van der Waals surface area contributed by atoms with Crippen LogP contribution in [-0.4, -0.2) is 93.3 Å². The fraction of sp³-hybridized carbons (Fsp3) is 0.241. The molecule has 4 heterocycles. The summed E-state index contributed by atoms with van der Waals surface area (Å²) in [5, 5.41) is 3.55. The Kier molecular flexibility index (Phi) is 16.8. The molecule has 0 amide bonds. The number of nitrogens with two attached hydrogens (primary N) is 1. The third kappa shape index (κ3) is 14.1. The molecule has 2 aliphatic rings. The van der Waals surface area contributed by atoms with E-state index in [-0.39, 0.29) is 44.8 Å². The highest BCUT2D eigenvalue weighted by Gasteiger charge is 2.37. The summed E-state index contributed by atoms with van der Waals surface area (Å²) in [6.07, 6.45) is 19.2. The Balaban J connectivity index is 0.000000170. The molecule has 0 radical (unpaired) electrons. The topological polar surface area (TPSA) is 245 Å². The minimum absolute atomic E-state index is 0.159. The normalized spacial score (nSPS) is 16.7. The average molecular weight is 1060 g/mol. The quantitative estimate of drug-likeness (QED) is 0.0811. The molecule has 0 saturated heterocycles. The van der Waals surface area contributed by atoms with Crippen molar-refractivity contribution in [2.45, 2.75) is 72.2 Å². The summed E-state index contributed by atoms with van der Waals surface area (Å²) < 4.78 is 75.4. The molecule has 10 rings (SSSR count). The van der Waals surface area contributed by atoms with Crippen molar-refractivity contribution in [3.8, 4) is 33.9 Å². The van der Waals surface area contributed by atoms with Crippen molar-refractivity contribution in [1.82, 2.24) is 44.4 Å². The van der Waals surface area contributed by atoms with Crippen LogP contribution in [0.4, 0.5) is 8.78 Å². The number of sulfone groups is 2. The van der Waals surface area contributed by atoms with Crippen molar-refractivity contribution in [3.05, 3.63) is 202 Å². The number of aldehydes is 1. The highest BCUT2D eigenvalue weighted by molar-refractivity contribution is 7.91. The molecule has 2 aliphatic carbocycles. The molecule has 0 bridgehead atoms. The smallest absolute Gasteiger partial charge is 0.281 e. The van der Waals surface area contributed by atoms with E-state index in [1.54, 1.807) is 49.1 Å². The Morgan fingerprint density at radius 3 is 1.43 bits per heavy atom. The van der Waals surface area contributed by atoms with E-state index in [4.69, 9.17) is 5.73 Å². The van der Waals surface area contributed by atoms with Crippen LogP contribution in [0.2, 0.25) is 0 Å². The monoisotopic (exact) mass is 1050 g/mol. The van der Waals surface area contributed by atoms with E-state index in [1.807, 2.05) is 24.3 Å². The summed E-state index contributed by atoms with van der Waals surface area (Å²) in [6, 6.07) is 26.1. The van der Waals surface area contributed by atoms with Crippen LogP contribution in [0.1, 0.15) is 60.0 Å². The van der Waals surface area contributed by atoms with Crippen molar-refractivity contribution in [2.75, 3.05) is 19.1 Å². The maximum Gasteiger partial charge on any atom is 0.281 e. The van der Waals surface area contributed by atoms with Gasteiger partial charge in [-0.3, -0.25) is 18.7 Å². The van der Waals surface area contributed by atoms with Crippen LogP contribution < -0.4 is 22.2 Å². The first-order valence-corrected chi connectivity index (χ1v) is 27.6. The van der Waals surface area contributed by atoms with Crippen LogP contribution >= 0.6 is 0 Å². The Morgan fingerprint density at radius 2 is 1.03 bits per heavy atom. The number of carbonyl (C=O) groups excluding carboxylic acids is 1. The zero-order valence-electron chi connectivity index (χ0n) is 40.8. The number of aryl methyl sites for hydroxylation is 2. The molecule has 4 aromatic carbocycles. The molecule has 4 atom stereocenters. The van der Waals surface area contributed by atoms with E-state index >= 15 is 0 Å². The summed E-state index contributed by atoms with van der Waals surface area (Å²) >= 11 is 0. The van der Waals surface area contributed by atoms with E-state index < -0.39 is 25.2 Å². The van der Waals surface area contributed by atoms with E-state index in [0.29, 0.717) is 65.0 Å². The van der Waals surface area contributed by atoms with Crippen molar-refractivity contribution in [3.63, 3.8) is 0 Å². The number of halogens is 2. The van der Waals surface area contributed by atoms with E-state index in [1.165, 1.54) is 88.3 Å². The van der Waals surface area contributed by atoms with Crippen molar-refractivity contribution < 1.29 is 30.4 Å². The molecule has 21 heteroatoms. The number of hydrogen-bond donors (Lipinski definition) is 2. The number of nitrogens with one attached hydrogen (secondary N) is 1. The number of carbonyl (C=O) groups is 1. The second-order valence-electron chi connectivity index (χ2n) is 18.1. The number of benzene rings is 4. The molecule has 2 fully saturated rings. The van der Waals surface area contributed by atoms with Gasteiger partial charge in [-0.25, -0.2) is 55.5 Å². The van der Waals surface area contributed by atoms with Gasteiger partial charge in [0.1, 0.15) is 42.0 Å². The Labute approximate surface area is 431 Å². The Morgan fingerprint density at radius 1 is 0.613 bits per heavy atom. The van der Waals surface area contributed by atoms with Crippen molar-refractivity contribution in [2.24, 2.45) is 5.73 Å². The first-order chi connectivity index (χ1) is 36.0. The van der Waals surface area contributed by atoms with Crippen LogP contribution in [0.5, 0.6) is 0 Å². The predicted octanol–water partition coefficient (Wildman–Crippen LogP) is 6.18. The minimum atomic E-state index is -3.35. The molecular formula is C54H52F2N10O7S2. The first-order valence-electron chi connectivity index (χ1n) is 23.8. The zero-order valence-corrected chi connectivity index (χ0v) is 42.4. The maximum absolute atomic E-state index is 13.3. The van der Waals surface area contributed by atoms with Crippen LogP contribution in [0.25, 0.3) is 33.9 Å². The van der Waals surface area contributed by atoms with Gasteiger partial charge in [-0.2, -0.15) is 0 Å². The minimum Gasteiger partial charge on any atom is -0.327 e. The summed E-state index contributed by atoms with van der Waals surface area (Å²) in [4.78, 5) is 62.1. The molecule has 386 valence electrons. The van der Waals surface area contributed by atoms with Gasteiger partial charge >= 0.3 is 0 Å². The molecule has 8 aromatic rings. The van der Waals surface area contributed by atoms with Gasteiger partial charge in [-0.1, -0.05) is 24.3 Å². The molecule has 4 aromatic heterocycles. The van der Waals surface area contributed by atoms with Crippen LogP contribution in [0.3, 0.4) is 0 Å². The van der Waals surface area contributed by atoms with E-state index in [2.05, 4.69) is 35.2 Å². The molecule has 3 N–H and O–H groups in total. The highest BCUT2D eigenvalue weighted by atomic mass is 32.2. The summed E-state index contributed by atoms with van der Waals surface area (Å²) in [6.45, 7) is 0.774. The van der Waals surface area contributed by atoms with Crippen molar-refractivity contribution >= 4 is 26.0 Å². The Hall–Kier alpha value is -7.85. The lowest BCUT2D eigenvalue weighted by molar-refractivity contribution is -0.107. The number of aromatic nitrogens is 8. The van der Waals surface area contributed by atoms with Gasteiger partial charge in [-0.05, 0) is 123 Å². The fourth-order valence-electron chi connectivity index (χ4n) is 8.21. The van der Waals surface area contributed by atoms with Crippen LogP contribution in [-0.2, 0) is 37.3 Å². The van der Waals surface area contributed by atoms with Gasteiger partial charge in [0.2, 0.25) is 0 Å². The first kappa shape index (κ1) is 53.4. The molecule has 2 saturated carbocycles. The SMILES string of the molecule is CS(=O)(=O)c1ccc(-n2cc(CCC=O)nc(-c3cncnc3)c2=O)cc1.CS(=O)(=O)c1ccc(-n2cc(CCCN[C@@H]3C[C@H]3c3ccc(F)cc3)nc(-c3cncnc3)c2=O)cc1.N[C@@H]1C[C@H]1c1ccc(F)cc1. The predicted molar refractivity (Wildman–Crippen MR) is 278 cm³/mol. The fourth-order valence-corrected chi connectivity index (χ4v) is 9.47. The molecule has 0 spiro atoms. The second kappa shape index (κ2) is 23.6. The molecular weight excluding hydrogens is 1000 g/mol. The number of rotatable bonds is 16. The lowest BCUT2D eigenvalue weighted by Crippen LogP contribution is -2.24.